The molecule has 7 heteroatoms. The Labute approximate surface area is 63.2 Å². The van der Waals surface area contributed by atoms with Crippen molar-refractivity contribution in [3.05, 3.63) is 0 Å². The van der Waals surface area contributed by atoms with Crippen LogP contribution in [0, 0.1) is 0 Å². The molecule has 0 aromatic heterocycles. The lowest BCUT2D eigenvalue weighted by Gasteiger charge is -2.13. The van der Waals surface area contributed by atoms with E-state index in [-0.39, 0.29) is 13.2 Å². The third-order valence-corrected chi connectivity index (χ3v) is 1.47. The second-order valence-electron chi connectivity index (χ2n) is 2.10. The van der Waals surface area contributed by atoms with Crippen molar-refractivity contribution in [2.24, 2.45) is 0 Å². The summed E-state index contributed by atoms with van der Waals surface area (Å²) in [7, 11) is -3.63. The Morgan fingerprint density at radius 3 is 2.82 bits per heavy atom. The highest BCUT2D eigenvalue weighted by Gasteiger charge is 2.28. The molecule has 0 aromatic carbocycles. The van der Waals surface area contributed by atoms with Crippen molar-refractivity contribution >= 4 is 13.7 Å². The van der Waals surface area contributed by atoms with E-state index in [1.54, 1.807) is 0 Å². The first-order valence-electron chi connectivity index (χ1n) is 2.93. The summed E-state index contributed by atoms with van der Waals surface area (Å²) in [5.74, 6) is 0. The Morgan fingerprint density at radius 1 is 1.82 bits per heavy atom. The van der Waals surface area contributed by atoms with Crippen LogP contribution in [0.5, 0.6) is 0 Å². The normalized spacial score (nSPS) is 23.1. The van der Waals surface area contributed by atoms with Crippen molar-refractivity contribution in [1.29, 1.82) is 0 Å². The lowest BCUT2D eigenvalue weighted by molar-refractivity contribution is -0.00984. The number of rotatable bonds is 2. The van der Waals surface area contributed by atoms with E-state index >= 15 is 0 Å². The number of carbonyl (C=O) groups excluding carboxylic acids is 1. The van der Waals surface area contributed by atoms with Gasteiger partial charge in [-0.1, -0.05) is 0 Å². The van der Waals surface area contributed by atoms with Gasteiger partial charge in [0.15, 0.2) is 0 Å². The van der Waals surface area contributed by atoms with E-state index < -0.39 is 13.7 Å². The average molecular weight is 181 g/mol. The Balaban J connectivity index is 2.50. The van der Waals surface area contributed by atoms with Gasteiger partial charge >= 0.3 is 13.7 Å². The molecule has 11 heavy (non-hydrogen) atoms. The van der Waals surface area contributed by atoms with Crippen LogP contribution in [0.15, 0.2) is 0 Å². The minimum absolute atomic E-state index is 0.192. The van der Waals surface area contributed by atoms with E-state index in [2.05, 4.69) is 9.36 Å². The van der Waals surface area contributed by atoms with Crippen LogP contribution in [0.25, 0.3) is 0 Å². The number of hydrogen-bond acceptors (Lipinski definition) is 4. The first-order chi connectivity index (χ1) is 4.99. The molecule has 0 radical (unpaired) electrons. The molecular formula is C4H8NO5P. The standard InChI is InChI=1S/C4H8NO5P/c1-11(7,8)10-5-2-3-9-4(5)6/h2-3H2,1H3,(H,7,8). The largest absolute Gasteiger partial charge is 0.446 e. The van der Waals surface area contributed by atoms with Gasteiger partial charge in [0.05, 0.1) is 6.54 Å². The Morgan fingerprint density at radius 2 is 2.45 bits per heavy atom. The van der Waals surface area contributed by atoms with Crippen molar-refractivity contribution in [1.82, 2.24) is 5.06 Å². The summed E-state index contributed by atoms with van der Waals surface area (Å²) >= 11 is 0. The average Bonchev–Trinajstić information content (AvgIpc) is 2.12. The zero-order valence-corrected chi connectivity index (χ0v) is 6.78. The second kappa shape index (κ2) is 2.81. The summed E-state index contributed by atoms with van der Waals surface area (Å²) in [6.45, 7) is 1.38. The van der Waals surface area contributed by atoms with Gasteiger partial charge in [-0.05, 0) is 0 Å². The fourth-order valence-electron chi connectivity index (χ4n) is 0.636. The van der Waals surface area contributed by atoms with E-state index in [4.69, 9.17) is 4.89 Å². The van der Waals surface area contributed by atoms with Crippen LogP contribution >= 0.6 is 7.60 Å². The Hall–Kier alpha value is -0.580. The summed E-state index contributed by atoms with van der Waals surface area (Å²) < 4.78 is 19.4. The lowest BCUT2D eigenvalue weighted by Crippen LogP contribution is -2.22. The molecule has 0 saturated carbocycles. The van der Waals surface area contributed by atoms with E-state index in [9.17, 15) is 9.36 Å². The topological polar surface area (TPSA) is 76.1 Å². The van der Waals surface area contributed by atoms with E-state index in [1.807, 2.05) is 0 Å². The maximum atomic E-state index is 10.6. The van der Waals surface area contributed by atoms with Crippen molar-refractivity contribution in [3.63, 3.8) is 0 Å². The minimum atomic E-state index is -3.63. The molecule has 64 valence electrons. The lowest BCUT2D eigenvalue weighted by atomic mass is 10.7. The fourth-order valence-corrected chi connectivity index (χ4v) is 1.15. The molecule has 1 rings (SSSR count). The zero-order valence-electron chi connectivity index (χ0n) is 5.89. The van der Waals surface area contributed by atoms with E-state index in [0.29, 0.717) is 0 Å². The van der Waals surface area contributed by atoms with Gasteiger partial charge in [0.25, 0.3) is 0 Å². The molecule has 0 aromatic rings. The van der Waals surface area contributed by atoms with Crippen molar-refractivity contribution in [2.75, 3.05) is 19.8 Å². The summed E-state index contributed by atoms with van der Waals surface area (Å²) in [5.41, 5.74) is 0. The molecular weight excluding hydrogens is 173 g/mol. The van der Waals surface area contributed by atoms with Gasteiger partial charge in [-0.25, -0.2) is 4.79 Å². The van der Waals surface area contributed by atoms with Crippen LogP contribution in [0.1, 0.15) is 0 Å². The van der Waals surface area contributed by atoms with Crippen LogP contribution in [0.4, 0.5) is 4.79 Å². The molecule has 6 nitrogen and oxygen atoms in total. The molecule has 1 heterocycles. The molecule has 1 aliphatic rings. The third kappa shape index (κ3) is 2.49. The monoisotopic (exact) mass is 181 g/mol. The van der Waals surface area contributed by atoms with Gasteiger partial charge in [-0.2, -0.15) is 9.69 Å². The predicted octanol–water partition coefficient (Wildman–Crippen LogP) is 0.185. The highest BCUT2D eigenvalue weighted by atomic mass is 31.2. The Bertz CT molecular complexity index is 211. The summed E-state index contributed by atoms with van der Waals surface area (Å²) in [5, 5.41) is 0.737. The molecule has 1 N–H and O–H groups in total. The highest BCUT2D eigenvalue weighted by molar-refractivity contribution is 7.51. The molecule has 1 atom stereocenters. The third-order valence-electron chi connectivity index (χ3n) is 0.974. The van der Waals surface area contributed by atoms with Crippen LogP contribution in [-0.4, -0.2) is 35.9 Å². The van der Waals surface area contributed by atoms with Crippen LogP contribution in [0.2, 0.25) is 0 Å². The molecule has 0 aliphatic carbocycles. The molecule has 1 saturated heterocycles. The maximum absolute atomic E-state index is 10.6. The van der Waals surface area contributed by atoms with Crippen molar-refractivity contribution < 1.29 is 23.6 Å². The van der Waals surface area contributed by atoms with E-state index in [0.717, 1.165) is 11.7 Å². The number of ether oxygens (including phenoxy) is 1. The van der Waals surface area contributed by atoms with Crippen LogP contribution < -0.4 is 0 Å². The van der Waals surface area contributed by atoms with Crippen LogP contribution in [0.3, 0.4) is 0 Å². The van der Waals surface area contributed by atoms with Gasteiger partial charge < -0.3 is 9.63 Å². The minimum Gasteiger partial charge on any atom is -0.446 e. The number of hydroxylamine groups is 2. The van der Waals surface area contributed by atoms with Gasteiger partial charge in [0, 0.05) is 6.66 Å². The van der Waals surface area contributed by atoms with Crippen LogP contribution in [-0.2, 0) is 13.9 Å². The number of hydrogen-bond donors (Lipinski definition) is 1. The van der Waals surface area contributed by atoms with E-state index in [1.165, 1.54) is 0 Å². The summed E-state index contributed by atoms with van der Waals surface area (Å²) in [6.07, 6.45) is -0.721. The van der Waals surface area contributed by atoms with Crippen molar-refractivity contribution in [3.8, 4) is 0 Å². The molecule has 1 unspecified atom stereocenters. The molecule has 0 spiro atoms. The van der Waals surface area contributed by atoms with Crippen molar-refractivity contribution in [2.45, 2.75) is 0 Å². The highest BCUT2D eigenvalue weighted by Crippen LogP contribution is 2.38. The number of carbonyl (C=O) groups is 1. The summed E-state index contributed by atoms with van der Waals surface area (Å²) in [6, 6.07) is 0. The van der Waals surface area contributed by atoms with Gasteiger partial charge in [-0.3, -0.25) is 4.57 Å². The number of nitrogens with zero attached hydrogens (tertiary/aromatic N) is 1. The maximum Gasteiger partial charge on any atom is 0.434 e. The second-order valence-corrected chi connectivity index (χ2v) is 3.87. The molecule has 1 amide bonds. The van der Waals surface area contributed by atoms with Gasteiger partial charge in [-0.15, -0.1) is 0 Å². The molecule has 0 bridgehead atoms. The molecule has 1 fully saturated rings. The predicted molar refractivity (Wildman–Crippen MR) is 34.9 cm³/mol. The first kappa shape index (κ1) is 8.52. The smallest absolute Gasteiger partial charge is 0.434 e. The van der Waals surface area contributed by atoms with Gasteiger partial charge in [0.2, 0.25) is 0 Å². The first-order valence-corrected chi connectivity index (χ1v) is 4.96. The number of cyclic esters (lactones) is 1. The SMILES string of the molecule is CP(=O)(O)ON1CCOC1=O. The quantitative estimate of drug-likeness (QED) is 0.615. The fraction of sp³-hybridized carbons (Fsp3) is 0.750. The number of amides is 1. The Kier molecular flexibility index (Phi) is 2.17. The van der Waals surface area contributed by atoms with Gasteiger partial charge in [0.1, 0.15) is 6.61 Å². The molecule has 1 aliphatic heterocycles. The summed E-state index contributed by atoms with van der Waals surface area (Å²) in [4.78, 5) is 19.3. The zero-order chi connectivity index (χ0) is 8.48.